The van der Waals surface area contributed by atoms with Crippen molar-refractivity contribution in [3.8, 4) is 0 Å². The average Bonchev–Trinajstić information content (AvgIpc) is 2.74. The first-order valence-electron chi connectivity index (χ1n) is 6.16. The van der Waals surface area contributed by atoms with Crippen LogP contribution in [0.4, 0.5) is 0 Å². The summed E-state index contributed by atoms with van der Waals surface area (Å²) in [4.78, 5) is 0. The van der Waals surface area contributed by atoms with Crippen LogP contribution in [0.2, 0.25) is 0 Å². The van der Waals surface area contributed by atoms with E-state index in [1.807, 2.05) is 10.9 Å². The monoisotopic (exact) mass is 225 g/mol. The summed E-state index contributed by atoms with van der Waals surface area (Å²) in [5.41, 5.74) is 1.23. The van der Waals surface area contributed by atoms with E-state index in [0.29, 0.717) is 0 Å². The Morgan fingerprint density at radius 1 is 1.38 bits per heavy atom. The minimum atomic E-state index is 0.752. The Labute approximate surface area is 98.0 Å². The van der Waals surface area contributed by atoms with Gasteiger partial charge in [0.05, 0.1) is 19.3 Å². The van der Waals surface area contributed by atoms with E-state index in [-0.39, 0.29) is 0 Å². The van der Waals surface area contributed by atoms with Crippen molar-refractivity contribution < 1.29 is 4.74 Å². The lowest BCUT2D eigenvalue weighted by Crippen LogP contribution is -2.11. The van der Waals surface area contributed by atoms with Gasteiger partial charge in [-0.05, 0) is 13.0 Å². The van der Waals surface area contributed by atoms with E-state index in [4.69, 9.17) is 4.74 Å². The summed E-state index contributed by atoms with van der Waals surface area (Å²) in [7, 11) is 0. The first kappa shape index (κ1) is 13.2. The predicted octanol–water partition coefficient (Wildman–Crippen LogP) is 1.81. The third kappa shape index (κ3) is 5.28. The second-order valence-electron chi connectivity index (χ2n) is 3.86. The molecule has 16 heavy (non-hydrogen) atoms. The minimum Gasteiger partial charge on any atom is -0.380 e. The molecular weight excluding hydrogens is 202 g/mol. The molecule has 0 atom stereocenters. The zero-order valence-electron chi connectivity index (χ0n) is 10.4. The molecule has 0 aromatic carbocycles. The molecule has 4 heteroatoms. The van der Waals surface area contributed by atoms with Crippen molar-refractivity contribution in [3.05, 3.63) is 18.0 Å². The van der Waals surface area contributed by atoms with Gasteiger partial charge in [-0.15, -0.1) is 0 Å². The van der Waals surface area contributed by atoms with Gasteiger partial charge in [0.15, 0.2) is 0 Å². The normalized spacial score (nSPS) is 10.9. The Kier molecular flexibility index (Phi) is 6.85. The molecule has 1 heterocycles. The van der Waals surface area contributed by atoms with Gasteiger partial charge in [-0.2, -0.15) is 5.10 Å². The number of aromatic nitrogens is 2. The Morgan fingerprint density at radius 3 is 3.00 bits per heavy atom. The molecule has 0 radical (unpaired) electrons. The fourth-order valence-electron chi connectivity index (χ4n) is 1.40. The lowest BCUT2D eigenvalue weighted by Gasteiger charge is -2.03. The highest BCUT2D eigenvalue weighted by Crippen LogP contribution is 1.97. The lowest BCUT2D eigenvalue weighted by atomic mass is 10.3. The summed E-state index contributed by atoms with van der Waals surface area (Å²) >= 11 is 0. The SMILES string of the molecule is CCCCOCCn1cc(CNCC)cn1. The van der Waals surface area contributed by atoms with Gasteiger partial charge in [-0.25, -0.2) is 0 Å². The van der Waals surface area contributed by atoms with Crippen LogP contribution in [-0.4, -0.2) is 29.5 Å². The molecule has 1 aromatic rings. The van der Waals surface area contributed by atoms with Crippen LogP contribution in [-0.2, 0) is 17.8 Å². The van der Waals surface area contributed by atoms with E-state index in [9.17, 15) is 0 Å². The van der Waals surface area contributed by atoms with Gasteiger partial charge in [0, 0.05) is 24.9 Å². The Hall–Kier alpha value is -0.870. The van der Waals surface area contributed by atoms with Gasteiger partial charge in [-0.1, -0.05) is 20.3 Å². The molecule has 92 valence electrons. The van der Waals surface area contributed by atoms with Gasteiger partial charge in [0.2, 0.25) is 0 Å². The molecule has 0 aliphatic heterocycles. The fourth-order valence-corrected chi connectivity index (χ4v) is 1.40. The number of unbranched alkanes of at least 4 members (excludes halogenated alkanes) is 1. The van der Waals surface area contributed by atoms with Crippen molar-refractivity contribution in [2.75, 3.05) is 19.8 Å². The van der Waals surface area contributed by atoms with Gasteiger partial charge in [0.1, 0.15) is 0 Å². The molecule has 0 unspecified atom stereocenters. The highest BCUT2D eigenvalue weighted by atomic mass is 16.5. The summed E-state index contributed by atoms with van der Waals surface area (Å²) < 4.78 is 7.43. The van der Waals surface area contributed by atoms with E-state index in [1.165, 1.54) is 12.0 Å². The number of hydrogen-bond acceptors (Lipinski definition) is 3. The molecule has 1 aromatic heterocycles. The second kappa shape index (κ2) is 8.30. The molecule has 0 fully saturated rings. The Morgan fingerprint density at radius 2 is 2.25 bits per heavy atom. The van der Waals surface area contributed by atoms with Crippen molar-refractivity contribution in [2.45, 2.75) is 39.8 Å². The molecular formula is C12H23N3O. The van der Waals surface area contributed by atoms with E-state index in [2.05, 4.69) is 30.5 Å². The quantitative estimate of drug-likeness (QED) is 0.651. The number of hydrogen-bond donors (Lipinski definition) is 1. The van der Waals surface area contributed by atoms with E-state index < -0.39 is 0 Å². The zero-order chi connectivity index (χ0) is 11.6. The summed E-state index contributed by atoms with van der Waals surface area (Å²) in [5.74, 6) is 0. The summed E-state index contributed by atoms with van der Waals surface area (Å²) in [6.45, 7) is 8.62. The third-order valence-corrected chi connectivity index (χ3v) is 2.37. The number of ether oxygens (including phenoxy) is 1. The molecule has 1 N–H and O–H groups in total. The van der Waals surface area contributed by atoms with Crippen LogP contribution < -0.4 is 5.32 Å². The maximum Gasteiger partial charge on any atom is 0.0662 e. The predicted molar refractivity (Wildman–Crippen MR) is 65.3 cm³/mol. The average molecular weight is 225 g/mol. The van der Waals surface area contributed by atoms with Crippen LogP contribution in [0.1, 0.15) is 32.3 Å². The number of nitrogens with one attached hydrogen (secondary N) is 1. The van der Waals surface area contributed by atoms with Crippen LogP contribution in [0.25, 0.3) is 0 Å². The summed E-state index contributed by atoms with van der Waals surface area (Å²) in [6.07, 6.45) is 6.32. The minimum absolute atomic E-state index is 0.752. The van der Waals surface area contributed by atoms with Gasteiger partial charge < -0.3 is 10.1 Å². The molecule has 0 aliphatic carbocycles. The van der Waals surface area contributed by atoms with Crippen LogP contribution in [0.15, 0.2) is 12.4 Å². The molecule has 0 amide bonds. The number of rotatable bonds is 9. The first-order chi connectivity index (χ1) is 7.86. The Bertz CT molecular complexity index is 273. The molecule has 0 bridgehead atoms. The van der Waals surface area contributed by atoms with Crippen LogP contribution in [0.5, 0.6) is 0 Å². The van der Waals surface area contributed by atoms with Crippen molar-refractivity contribution in [1.82, 2.24) is 15.1 Å². The maximum atomic E-state index is 5.49. The third-order valence-electron chi connectivity index (χ3n) is 2.37. The molecule has 1 rings (SSSR count). The van der Waals surface area contributed by atoms with Crippen LogP contribution >= 0.6 is 0 Å². The standard InChI is InChI=1S/C12H23N3O/c1-3-5-7-16-8-6-15-11-12(10-14-15)9-13-4-2/h10-11,13H,3-9H2,1-2H3. The van der Waals surface area contributed by atoms with Crippen LogP contribution in [0, 0.1) is 0 Å². The molecule has 4 nitrogen and oxygen atoms in total. The summed E-state index contributed by atoms with van der Waals surface area (Å²) in [6, 6.07) is 0. The largest absolute Gasteiger partial charge is 0.380 e. The molecule has 0 saturated carbocycles. The van der Waals surface area contributed by atoms with E-state index >= 15 is 0 Å². The lowest BCUT2D eigenvalue weighted by molar-refractivity contribution is 0.121. The smallest absolute Gasteiger partial charge is 0.0662 e. The Balaban J connectivity index is 2.14. The van der Waals surface area contributed by atoms with E-state index in [0.717, 1.165) is 39.3 Å². The summed E-state index contributed by atoms with van der Waals surface area (Å²) in [5, 5.41) is 7.56. The van der Waals surface area contributed by atoms with Gasteiger partial charge in [-0.3, -0.25) is 4.68 Å². The second-order valence-corrected chi connectivity index (χ2v) is 3.86. The highest BCUT2D eigenvalue weighted by Gasteiger charge is 1.97. The number of nitrogens with zero attached hydrogens (tertiary/aromatic N) is 2. The molecule has 0 saturated heterocycles. The fraction of sp³-hybridized carbons (Fsp3) is 0.750. The van der Waals surface area contributed by atoms with Crippen molar-refractivity contribution in [2.24, 2.45) is 0 Å². The topological polar surface area (TPSA) is 39.1 Å². The highest BCUT2D eigenvalue weighted by molar-refractivity contribution is 5.02. The van der Waals surface area contributed by atoms with E-state index in [1.54, 1.807) is 0 Å². The van der Waals surface area contributed by atoms with Crippen molar-refractivity contribution in [1.29, 1.82) is 0 Å². The van der Waals surface area contributed by atoms with Gasteiger partial charge in [0.25, 0.3) is 0 Å². The molecule has 0 aliphatic rings. The van der Waals surface area contributed by atoms with Gasteiger partial charge >= 0.3 is 0 Å². The van der Waals surface area contributed by atoms with Crippen LogP contribution in [0.3, 0.4) is 0 Å². The zero-order valence-corrected chi connectivity index (χ0v) is 10.4. The van der Waals surface area contributed by atoms with Crippen molar-refractivity contribution >= 4 is 0 Å². The maximum absolute atomic E-state index is 5.49. The molecule has 0 spiro atoms. The van der Waals surface area contributed by atoms with Crippen molar-refractivity contribution in [3.63, 3.8) is 0 Å². The first-order valence-corrected chi connectivity index (χ1v) is 6.16.